The maximum absolute atomic E-state index is 10.3. The molecule has 1 aromatic heterocycles. The summed E-state index contributed by atoms with van der Waals surface area (Å²) >= 11 is 1.71. The van der Waals surface area contributed by atoms with E-state index >= 15 is 0 Å². The number of aldehydes is 1. The van der Waals surface area contributed by atoms with Gasteiger partial charge in [0.25, 0.3) is 0 Å². The van der Waals surface area contributed by atoms with Gasteiger partial charge in [-0.2, -0.15) is 0 Å². The number of hydrogen-bond acceptors (Lipinski definition) is 3. The minimum atomic E-state index is 0.195. The van der Waals surface area contributed by atoms with E-state index in [1.54, 1.807) is 11.3 Å². The number of aryl methyl sites for hydroxylation is 2. The number of rotatable bonds is 5. The summed E-state index contributed by atoms with van der Waals surface area (Å²) in [5.74, 6) is 0.195. The first kappa shape index (κ1) is 10.4. The van der Waals surface area contributed by atoms with Gasteiger partial charge in [-0.25, -0.2) is 4.98 Å². The van der Waals surface area contributed by atoms with Crippen molar-refractivity contribution in [3.63, 3.8) is 0 Å². The molecule has 13 heavy (non-hydrogen) atoms. The Kier molecular flexibility index (Phi) is 4.09. The van der Waals surface area contributed by atoms with Crippen LogP contribution in [-0.4, -0.2) is 11.3 Å². The molecule has 1 unspecified atom stereocenters. The molecule has 3 heteroatoms. The topological polar surface area (TPSA) is 30.0 Å². The second kappa shape index (κ2) is 5.12. The molecule has 0 spiro atoms. The van der Waals surface area contributed by atoms with Gasteiger partial charge in [0.15, 0.2) is 0 Å². The van der Waals surface area contributed by atoms with Crippen LogP contribution in [0.4, 0.5) is 0 Å². The molecule has 0 amide bonds. The van der Waals surface area contributed by atoms with Crippen LogP contribution in [0.2, 0.25) is 0 Å². The number of nitrogens with zero attached hydrogens (tertiary/aromatic N) is 1. The number of carbonyl (C=O) groups excluding carboxylic acids is 1. The van der Waals surface area contributed by atoms with Gasteiger partial charge in [0.05, 0.1) is 5.01 Å². The number of carbonyl (C=O) groups is 1. The summed E-state index contributed by atoms with van der Waals surface area (Å²) in [7, 11) is 0. The van der Waals surface area contributed by atoms with E-state index in [2.05, 4.69) is 10.4 Å². The molecule has 0 aliphatic rings. The molecule has 0 saturated heterocycles. The zero-order chi connectivity index (χ0) is 9.68. The van der Waals surface area contributed by atoms with Crippen LogP contribution >= 0.6 is 11.3 Å². The number of thiazole rings is 1. The second-order valence-corrected chi connectivity index (χ2v) is 4.33. The number of aromatic nitrogens is 1. The van der Waals surface area contributed by atoms with Crippen molar-refractivity contribution in [3.8, 4) is 0 Å². The summed E-state index contributed by atoms with van der Waals surface area (Å²) in [6.07, 6.45) is 4.07. The van der Waals surface area contributed by atoms with E-state index in [4.69, 9.17) is 0 Å². The average Bonchev–Trinajstić information content (AvgIpc) is 2.51. The first-order valence-corrected chi connectivity index (χ1v) is 5.46. The maximum Gasteiger partial charge on any atom is 0.122 e. The molecule has 1 aromatic rings. The molecule has 1 rings (SSSR count). The molecular weight excluding hydrogens is 182 g/mol. The Morgan fingerprint density at radius 2 is 2.46 bits per heavy atom. The van der Waals surface area contributed by atoms with Crippen molar-refractivity contribution in [2.75, 3.05) is 0 Å². The van der Waals surface area contributed by atoms with Crippen molar-refractivity contribution in [1.29, 1.82) is 0 Å². The van der Waals surface area contributed by atoms with Crippen molar-refractivity contribution >= 4 is 17.6 Å². The molecule has 0 N–H and O–H groups in total. The van der Waals surface area contributed by atoms with Gasteiger partial charge in [-0.1, -0.05) is 6.92 Å². The van der Waals surface area contributed by atoms with E-state index in [-0.39, 0.29) is 5.92 Å². The molecule has 0 saturated carbocycles. The van der Waals surface area contributed by atoms with E-state index in [0.717, 1.165) is 31.2 Å². The van der Waals surface area contributed by atoms with Crippen LogP contribution in [0.5, 0.6) is 0 Å². The SMILES string of the molecule is Cc1csc(CCCC(C)C=O)n1. The third kappa shape index (κ3) is 3.68. The van der Waals surface area contributed by atoms with Crippen molar-refractivity contribution < 1.29 is 4.79 Å². The Morgan fingerprint density at radius 3 is 3.00 bits per heavy atom. The fraction of sp³-hybridized carbons (Fsp3) is 0.600. The van der Waals surface area contributed by atoms with Gasteiger partial charge in [-0.15, -0.1) is 11.3 Å². The van der Waals surface area contributed by atoms with Crippen LogP contribution in [0.15, 0.2) is 5.38 Å². The number of hydrogen-bond donors (Lipinski definition) is 0. The predicted molar refractivity (Wildman–Crippen MR) is 55.0 cm³/mol. The first-order chi connectivity index (χ1) is 6.22. The van der Waals surface area contributed by atoms with Crippen LogP contribution in [0.1, 0.15) is 30.5 Å². The minimum absolute atomic E-state index is 0.195. The lowest BCUT2D eigenvalue weighted by Gasteiger charge is -2.00. The zero-order valence-electron chi connectivity index (χ0n) is 8.12. The largest absolute Gasteiger partial charge is 0.303 e. The highest BCUT2D eigenvalue weighted by molar-refractivity contribution is 7.09. The lowest BCUT2D eigenvalue weighted by atomic mass is 10.1. The van der Waals surface area contributed by atoms with Crippen molar-refractivity contribution in [3.05, 3.63) is 16.1 Å². The Morgan fingerprint density at radius 1 is 1.69 bits per heavy atom. The average molecular weight is 197 g/mol. The van der Waals surface area contributed by atoms with Gasteiger partial charge in [-0.05, 0) is 26.2 Å². The standard InChI is InChI=1S/C10H15NOS/c1-8(6-12)4-3-5-10-11-9(2)7-13-10/h6-8H,3-5H2,1-2H3. The summed E-state index contributed by atoms with van der Waals surface area (Å²) in [6.45, 7) is 3.97. The second-order valence-electron chi connectivity index (χ2n) is 3.39. The van der Waals surface area contributed by atoms with Crippen LogP contribution in [0.25, 0.3) is 0 Å². The zero-order valence-corrected chi connectivity index (χ0v) is 8.93. The Balaban J connectivity index is 2.23. The van der Waals surface area contributed by atoms with Crippen molar-refractivity contribution in [2.45, 2.75) is 33.1 Å². The van der Waals surface area contributed by atoms with Crippen molar-refractivity contribution in [1.82, 2.24) is 4.98 Å². The molecule has 0 aliphatic heterocycles. The summed E-state index contributed by atoms with van der Waals surface area (Å²) in [5.41, 5.74) is 1.10. The van der Waals surface area contributed by atoms with Gasteiger partial charge < -0.3 is 4.79 Å². The Hall–Kier alpha value is -0.700. The molecule has 72 valence electrons. The summed E-state index contributed by atoms with van der Waals surface area (Å²) in [5, 5.41) is 3.26. The summed E-state index contributed by atoms with van der Waals surface area (Å²) in [4.78, 5) is 14.7. The third-order valence-electron chi connectivity index (χ3n) is 1.95. The first-order valence-electron chi connectivity index (χ1n) is 4.58. The smallest absolute Gasteiger partial charge is 0.122 e. The highest BCUT2D eigenvalue weighted by Crippen LogP contribution is 2.13. The Labute approximate surface area is 83.0 Å². The Bertz CT molecular complexity index is 270. The molecule has 0 fully saturated rings. The summed E-state index contributed by atoms with van der Waals surface area (Å²) < 4.78 is 0. The van der Waals surface area contributed by atoms with Crippen LogP contribution in [0, 0.1) is 12.8 Å². The highest BCUT2D eigenvalue weighted by Gasteiger charge is 2.01. The quantitative estimate of drug-likeness (QED) is 0.679. The van der Waals surface area contributed by atoms with Crippen LogP contribution in [-0.2, 0) is 11.2 Å². The van der Waals surface area contributed by atoms with Crippen LogP contribution in [0.3, 0.4) is 0 Å². The van der Waals surface area contributed by atoms with E-state index in [0.29, 0.717) is 0 Å². The molecule has 2 nitrogen and oxygen atoms in total. The van der Waals surface area contributed by atoms with E-state index in [9.17, 15) is 4.79 Å². The normalized spacial score (nSPS) is 12.8. The lowest BCUT2D eigenvalue weighted by Crippen LogP contribution is -1.96. The van der Waals surface area contributed by atoms with Gasteiger partial charge in [-0.3, -0.25) is 0 Å². The third-order valence-corrected chi connectivity index (χ3v) is 2.98. The summed E-state index contributed by atoms with van der Waals surface area (Å²) in [6, 6.07) is 0. The molecule has 0 aliphatic carbocycles. The van der Waals surface area contributed by atoms with Gasteiger partial charge in [0, 0.05) is 17.0 Å². The van der Waals surface area contributed by atoms with Crippen molar-refractivity contribution in [2.24, 2.45) is 5.92 Å². The van der Waals surface area contributed by atoms with Gasteiger partial charge in [0.1, 0.15) is 6.29 Å². The molecule has 0 aromatic carbocycles. The van der Waals surface area contributed by atoms with Gasteiger partial charge >= 0.3 is 0 Å². The van der Waals surface area contributed by atoms with E-state index in [1.165, 1.54) is 5.01 Å². The highest BCUT2D eigenvalue weighted by atomic mass is 32.1. The van der Waals surface area contributed by atoms with Crippen LogP contribution < -0.4 is 0 Å². The molecule has 0 bridgehead atoms. The molecule has 1 heterocycles. The molecule has 1 atom stereocenters. The molecule has 0 radical (unpaired) electrons. The monoisotopic (exact) mass is 197 g/mol. The minimum Gasteiger partial charge on any atom is -0.303 e. The van der Waals surface area contributed by atoms with E-state index in [1.807, 2.05) is 13.8 Å². The predicted octanol–water partition coefficient (Wildman–Crippen LogP) is 2.61. The maximum atomic E-state index is 10.3. The fourth-order valence-electron chi connectivity index (χ4n) is 1.16. The molecular formula is C10H15NOS. The van der Waals surface area contributed by atoms with Gasteiger partial charge in [0.2, 0.25) is 0 Å². The fourth-order valence-corrected chi connectivity index (χ4v) is 1.98. The lowest BCUT2D eigenvalue weighted by molar-refractivity contribution is -0.110. The van der Waals surface area contributed by atoms with E-state index < -0.39 is 0 Å².